The monoisotopic (exact) mass is 266 g/mol. The topological polar surface area (TPSA) is 29.3 Å². The van der Waals surface area contributed by atoms with Crippen molar-refractivity contribution in [2.45, 2.75) is 25.4 Å². The zero-order chi connectivity index (χ0) is 13.8. The van der Waals surface area contributed by atoms with Crippen LogP contribution >= 0.6 is 0 Å². The van der Waals surface area contributed by atoms with E-state index in [2.05, 4.69) is 59.5 Å². The molecule has 1 unspecified atom stereocenters. The molecule has 2 N–H and O–H groups in total. The molecular weight excluding hydrogens is 244 g/mol. The average Bonchev–Trinajstić information content (AvgIpc) is 2.48. The maximum atomic E-state index is 6.31. The number of nitrogens with zero attached hydrogens (tertiary/aromatic N) is 1. The maximum absolute atomic E-state index is 6.31. The van der Waals surface area contributed by atoms with Gasteiger partial charge in [0.25, 0.3) is 0 Å². The van der Waals surface area contributed by atoms with Gasteiger partial charge in [0.15, 0.2) is 0 Å². The minimum atomic E-state index is 0.211. The predicted molar refractivity (Wildman–Crippen MR) is 83.5 cm³/mol. The first-order valence-corrected chi connectivity index (χ1v) is 7.40. The average molecular weight is 266 g/mol. The Morgan fingerprint density at radius 1 is 0.950 bits per heavy atom. The second kappa shape index (κ2) is 6.21. The molecule has 0 fully saturated rings. The van der Waals surface area contributed by atoms with Crippen molar-refractivity contribution in [3.8, 4) is 0 Å². The summed E-state index contributed by atoms with van der Waals surface area (Å²) in [5, 5.41) is 0. The molecule has 104 valence electrons. The van der Waals surface area contributed by atoms with E-state index >= 15 is 0 Å². The minimum Gasteiger partial charge on any atom is -0.326 e. The van der Waals surface area contributed by atoms with Crippen LogP contribution in [0.3, 0.4) is 0 Å². The molecule has 0 radical (unpaired) electrons. The van der Waals surface area contributed by atoms with E-state index in [1.807, 2.05) is 0 Å². The zero-order valence-electron chi connectivity index (χ0n) is 11.8. The van der Waals surface area contributed by atoms with Gasteiger partial charge in [-0.2, -0.15) is 0 Å². The molecule has 0 saturated heterocycles. The van der Waals surface area contributed by atoms with Crippen LogP contribution in [0.25, 0.3) is 0 Å². The molecule has 0 spiro atoms. The molecule has 0 bridgehead atoms. The fourth-order valence-electron chi connectivity index (χ4n) is 3.02. The summed E-state index contributed by atoms with van der Waals surface area (Å²) in [7, 11) is 0. The molecule has 20 heavy (non-hydrogen) atoms. The molecule has 1 atom stereocenters. The molecule has 0 aliphatic carbocycles. The highest BCUT2D eigenvalue weighted by molar-refractivity contribution is 5.29. The van der Waals surface area contributed by atoms with E-state index in [-0.39, 0.29) is 6.04 Å². The van der Waals surface area contributed by atoms with Gasteiger partial charge >= 0.3 is 0 Å². The highest BCUT2D eigenvalue weighted by Gasteiger charge is 2.17. The Hall–Kier alpha value is -1.64. The van der Waals surface area contributed by atoms with Gasteiger partial charge in [-0.25, -0.2) is 0 Å². The van der Waals surface area contributed by atoms with Gasteiger partial charge in [-0.3, -0.25) is 4.90 Å². The van der Waals surface area contributed by atoms with Gasteiger partial charge in [0.2, 0.25) is 0 Å². The molecular formula is C18H22N2. The minimum absolute atomic E-state index is 0.211. The van der Waals surface area contributed by atoms with Crippen LogP contribution in [-0.2, 0) is 19.4 Å². The fourth-order valence-corrected chi connectivity index (χ4v) is 3.02. The van der Waals surface area contributed by atoms with Gasteiger partial charge in [0, 0.05) is 25.7 Å². The van der Waals surface area contributed by atoms with Crippen molar-refractivity contribution in [1.29, 1.82) is 0 Å². The third-order valence-electron chi connectivity index (χ3n) is 4.04. The first-order valence-electron chi connectivity index (χ1n) is 7.40. The number of hydrogen-bond donors (Lipinski definition) is 1. The van der Waals surface area contributed by atoms with Gasteiger partial charge in [-0.05, 0) is 29.5 Å². The maximum Gasteiger partial charge on any atom is 0.0237 e. The molecule has 0 amide bonds. The second-order valence-corrected chi connectivity index (χ2v) is 5.70. The number of rotatable bonds is 4. The Balaban J connectivity index is 1.57. The van der Waals surface area contributed by atoms with E-state index in [4.69, 9.17) is 5.73 Å². The summed E-state index contributed by atoms with van der Waals surface area (Å²) >= 11 is 0. The number of nitrogens with two attached hydrogens (primary N) is 1. The van der Waals surface area contributed by atoms with E-state index in [0.717, 1.165) is 32.5 Å². The predicted octanol–water partition coefficient (Wildman–Crippen LogP) is 2.61. The van der Waals surface area contributed by atoms with Crippen molar-refractivity contribution in [2.75, 3.05) is 13.1 Å². The summed E-state index contributed by atoms with van der Waals surface area (Å²) in [6.07, 6.45) is 2.10. The Morgan fingerprint density at radius 2 is 1.65 bits per heavy atom. The summed E-state index contributed by atoms with van der Waals surface area (Å²) in [5.41, 5.74) is 10.6. The lowest BCUT2D eigenvalue weighted by Gasteiger charge is -2.30. The lowest BCUT2D eigenvalue weighted by molar-refractivity contribution is 0.237. The largest absolute Gasteiger partial charge is 0.326 e. The molecule has 2 nitrogen and oxygen atoms in total. The zero-order valence-corrected chi connectivity index (χ0v) is 11.8. The van der Waals surface area contributed by atoms with Crippen molar-refractivity contribution >= 4 is 0 Å². The Kier molecular flexibility index (Phi) is 4.14. The molecule has 0 aromatic heterocycles. The molecule has 3 rings (SSSR count). The van der Waals surface area contributed by atoms with Gasteiger partial charge in [-0.1, -0.05) is 54.6 Å². The highest BCUT2D eigenvalue weighted by atomic mass is 15.1. The quantitative estimate of drug-likeness (QED) is 0.921. The van der Waals surface area contributed by atoms with Crippen molar-refractivity contribution in [1.82, 2.24) is 4.90 Å². The van der Waals surface area contributed by atoms with Crippen molar-refractivity contribution < 1.29 is 0 Å². The van der Waals surface area contributed by atoms with Gasteiger partial charge < -0.3 is 5.73 Å². The van der Waals surface area contributed by atoms with Gasteiger partial charge in [0.1, 0.15) is 0 Å². The number of hydrogen-bond acceptors (Lipinski definition) is 2. The summed E-state index contributed by atoms with van der Waals surface area (Å²) in [6.45, 7) is 3.14. The Labute approximate surface area is 121 Å². The lowest BCUT2D eigenvalue weighted by atomic mass is 9.99. The first kappa shape index (κ1) is 13.3. The van der Waals surface area contributed by atoms with E-state index < -0.39 is 0 Å². The van der Waals surface area contributed by atoms with Crippen LogP contribution in [-0.4, -0.2) is 24.0 Å². The second-order valence-electron chi connectivity index (χ2n) is 5.70. The van der Waals surface area contributed by atoms with Crippen molar-refractivity contribution in [2.24, 2.45) is 5.73 Å². The standard InChI is InChI=1S/C18H22N2/c19-18(12-15-6-2-1-3-7-15)14-20-11-10-16-8-4-5-9-17(16)13-20/h1-9,18H,10-14,19H2. The van der Waals surface area contributed by atoms with Crippen LogP contribution in [0.1, 0.15) is 16.7 Å². The highest BCUT2D eigenvalue weighted by Crippen LogP contribution is 2.18. The van der Waals surface area contributed by atoms with E-state index in [1.54, 1.807) is 0 Å². The first-order chi connectivity index (χ1) is 9.81. The third-order valence-corrected chi connectivity index (χ3v) is 4.04. The molecule has 0 saturated carbocycles. The Bertz CT molecular complexity index is 550. The fraction of sp³-hybridized carbons (Fsp3) is 0.333. The van der Waals surface area contributed by atoms with Crippen LogP contribution in [0, 0.1) is 0 Å². The summed E-state index contributed by atoms with van der Waals surface area (Å²) in [5.74, 6) is 0. The van der Waals surface area contributed by atoms with Crippen LogP contribution in [0.15, 0.2) is 54.6 Å². The SMILES string of the molecule is NC(Cc1ccccc1)CN1CCc2ccccc2C1. The molecule has 2 heteroatoms. The van der Waals surface area contributed by atoms with Crippen LogP contribution < -0.4 is 5.73 Å². The number of benzene rings is 2. The van der Waals surface area contributed by atoms with Crippen molar-refractivity contribution in [3.05, 3.63) is 71.3 Å². The van der Waals surface area contributed by atoms with E-state index in [0.29, 0.717) is 0 Å². The Morgan fingerprint density at radius 3 is 2.45 bits per heavy atom. The molecule has 1 heterocycles. The van der Waals surface area contributed by atoms with Crippen molar-refractivity contribution in [3.63, 3.8) is 0 Å². The normalized spacial score (nSPS) is 16.6. The molecule has 2 aromatic rings. The van der Waals surface area contributed by atoms with Gasteiger partial charge in [0.05, 0.1) is 0 Å². The van der Waals surface area contributed by atoms with E-state index in [1.165, 1.54) is 16.7 Å². The van der Waals surface area contributed by atoms with Crippen LogP contribution in [0.2, 0.25) is 0 Å². The number of fused-ring (bicyclic) bond motifs is 1. The molecule has 1 aliphatic rings. The summed E-state index contributed by atoms with van der Waals surface area (Å²) < 4.78 is 0. The van der Waals surface area contributed by atoms with Crippen LogP contribution in [0.5, 0.6) is 0 Å². The molecule has 2 aromatic carbocycles. The van der Waals surface area contributed by atoms with E-state index in [9.17, 15) is 0 Å². The third kappa shape index (κ3) is 3.27. The summed E-state index contributed by atoms with van der Waals surface area (Å²) in [6, 6.07) is 19.5. The smallest absolute Gasteiger partial charge is 0.0237 e. The van der Waals surface area contributed by atoms with Crippen LogP contribution in [0.4, 0.5) is 0 Å². The van der Waals surface area contributed by atoms with Gasteiger partial charge in [-0.15, -0.1) is 0 Å². The summed E-state index contributed by atoms with van der Waals surface area (Å²) in [4.78, 5) is 2.48. The lowest BCUT2D eigenvalue weighted by Crippen LogP contribution is -2.41. The molecule has 1 aliphatic heterocycles.